The minimum Gasteiger partial charge on any atom is -0.462 e. The number of benzene rings is 1. The fourth-order valence-electron chi connectivity index (χ4n) is 3.59. The number of para-hydroxylation sites is 1. The summed E-state index contributed by atoms with van der Waals surface area (Å²) in [5.41, 5.74) is 0.506. The molecule has 0 N–H and O–H groups in total. The molecule has 118 valence electrons. The lowest BCUT2D eigenvalue weighted by atomic mass is 9.85. The second-order valence-electron chi connectivity index (χ2n) is 5.75. The predicted molar refractivity (Wildman–Crippen MR) is 79.7 cm³/mol. The molecule has 1 aromatic carbocycles. The van der Waals surface area contributed by atoms with Crippen LogP contribution in [-0.4, -0.2) is 36.6 Å². The molecule has 2 bridgehead atoms. The van der Waals surface area contributed by atoms with E-state index >= 15 is 0 Å². The van der Waals surface area contributed by atoms with Crippen molar-refractivity contribution < 1.29 is 23.9 Å². The summed E-state index contributed by atoms with van der Waals surface area (Å²) in [6.45, 7) is 1.93. The van der Waals surface area contributed by atoms with Crippen LogP contribution in [0.15, 0.2) is 36.4 Å². The maximum atomic E-state index is 12.8. The number of rotatable bonds is 3. The average Bonchev–Trinajstić information content (AvgIpc) is 3.22. The van der Waals surface area contributed by atoms with Crippen LogP contribution in [0.3, 0.4) is 0 Å². The highest BCUT2D eigenvalue weighted by atomic mass is 16.5. The first kappa shape index (κ1) is 14.1. The van der Waals surface area contributed by atoms with Crippen molar-refractivity contribution in [3.05, 3.63) is 42.0 Å². The Hall–Kier alpha value is -2.47. The third-order valence-electron chi connectivity index (χ3n) is 4.55. The summed E-state index contributed by atoms with van der Waals surface area (Å²) in [5.74, 6) is -2.15. The van der Waals surface area contributed by atoms with Gasteiger partial charge in [0.05, 0.1) is 41.9 Å². The van der Waals surface area contributed by atoms with E-state index in [1.165, 1.54) is 0 Å². The number of carbonyl (C=O) groups is 3. The lowest BCUT2D eigenvalue weighted by Gasteiger charge is -2.20. The van der Waals surface area contributed by atoms with E-state index in [9.17, 15) is 14.4 Å². The molecule has 3 aliphatic heterocycles. The number of imide groups is 1. The van der Waals surface area contributed by atoms with Gasteiger partial charge in [-0.25, -0.2) is 9.69 Å². The first-order valence-corrected chi connectivity index (χ1v) is 7.61. The number of fused-ring (bicyclic) bond motifs is 5. The molecule has 3 aliphatic rings. The smallest absolute Gasteiger partial charge is 0.340 e. The van der Waals surface area contributed by atoms with Crippen molar-refractivity contribution in [2.45, 2.75) is 19.1 Å². The summed E-state index contributed by atoms with van der Waals surface area (Å²) in [7, 11) is 0. The zero-order chi connectivity index (χ0) is 16.1. The molecule has 23 heavy (non-hydrogen) atoms. The molecule has 6 nitrogen and oxygen atoms in total. The molecule has 3 heterocycles. The minimum absolute atomic E-state index is 0.220. The van der Waals surface area contributed by atoms with Crippen LogP contribution in [0.25, 0.3) is 0 Å². The molecule has 4 rings (SSSR count). The van der Waals surface area contributed by atoms with Gasteiger partial charge in [0.2, 0.25) is 11.8 Å². The van der Waals surface area contributed by atoms with Crippen molar-refractivity contribution in [1.29, 1.82) is 0 Å². The quantitative estimate of drug-likeness (QED) is 0.478. The molecule has 0 aliphatic carbocycles. The van der Waals surface area contributed by atoms with Gasteiger partial charge in [-0.2, -0.15) is 0 Å². The topological polar surface area (TPSA) is 72.9 Å². The van der Waals surface area contributed by atoms with Crippen LogP contribution in [0.4, 0.5) is 5.69 Å². The van der Waals surface area contributed by atoms with E-state index in [4.69, 9.17) is 9.47 Å². The number of hydrogen-bond acceptors (Lipinski definition) is 5. The number of amides is 2. The standard InChI is InChI=1S/C17H15NO5/c1-2-22-17(21)9-5-3-4-6-10(9)18-15(19)13-11-7-8-12(23-11)14(13)16(18)20/h3-8,11-14H,2H2,1H3/t11-,12-,13-,14+/m1/s1. The molecular weight excluding hydrogens is 298 g/mol. The molecule has 0 radical (unpaired) electrons. The van der Waals surface area contributed by atoms with Gasteiger partial charge in [-0.15, -0.1) is 0 Å². The fourth-order valence-corrected chi connectivity index (χ4v) is 3.59. The van der Waals surface area contributed by atoms with Crippen LogP contribution in [0.2, 0.25) is 0 Å². The van der Waals surface area contributed by atoms with Gasteiger partial charge in [0.1, 0.15) is 0 Å². The summed E-state index contributed by atoms with van der Waals surface area (Å²) in [6, 6.07) is 6.52. The Balaban J connectivity index is 1.74. The van der Waals surface area contributed by atoms with Crippen molar-refractivity contribution in [3.8, 4) is 0 Å². The number of nitrogens with zero attached hydrogens (tertiary/aromatic N) is 1. The molecular formula is C17H15NO5. The molecule has 0 spiro atoms. The first-order chi connectivity index (χ1) is 11.1. The molecule has 2 amide bonds. The molecule has 2 saturated heterocycles. The van der Waals surface area contributed by atoms with Crippen molar-refractivity contribution in [3.63, 3.8) is 0 Å². The zero-order valence-corrected chi connectivity index (χ0v) is 12.5. The van der Waals surface area contributed by atoms with E-state index in [0.29, 0.717) is 0 Å². The lowest BCUT2D eigenvalue weighted by Crippen LogP contribution is -2.35. The van der Waals surface area contributed by atoms with Crippen molar-refractivity contribution >= 4 is 23.5 Å². The van der Waals surface area contributed by atoms with Crippen LogP contribution in [0.5, 0.6) is 0 Å². The number of hydrogen-bond donors (Lipinski definition) is 0. The van der Waals surface area contributed by atoms with Crippen LogP contribution < -0.4 is 4.90 Å². The van der Waals surface area contributed by atoms with Gasteiger partial charge >= 0.3 is 5.97 Å². The molecule has 6 heteroatoms. The van der Waals surface area contributed by atoms with E-state index < -0.39 is 17.8 Å². The predicted octanol–water partition coefficient (Wildman–Crippen LogP) is 1.31. The molecule has 0 saturated carbocycles. The van der Waals surface area contributed by atoms with Gasteiger partial charge in [0.15, 0.2) is 0 Å². The fraction of sp³-hybridized carbons (Fsp3) is 0.353. The van der Waals surface area contributed by atoms with E-state index in [-0.39, 0.29) is 41.9 Å². The van der Waals surface area contributed by atoms with Gasteiger partial charge in [-0.05, 0) is 19.1 Å². The Morgan fingerprint density at radius 2 is 1.74 bits per heavy atom. The number of ether oxygens (including phenoxy) is 2. The first-order valence-electron chi connectivity index (χ1n) is 7.61. The van der Waals surface area contributed by atoms with Crippen LogP contribution in [-0.2, 0) is 19.1 Å². The third kappa shape index (κ3) is 1.88. The SMILES string of the molecule is CCOC(=O)c1ccccc1N1C(=O)[C@@H]2[C@H](C1=O)[C@H]1C=C[C@H]2O1. The Morgan fingerprint density at radius 3 is 2.35 bits per heavy atom. The van der Waals surface area contributed by atoms with Crippen LogP contribution in [0.1, 0.15) is 17.3 Å². The van der Waals surface area contributed by atoms with E-state index in [2.05, 4.69) is 0 Å². The number of anilines is 1. The highest BCUT2D eigenvalue weighted by Gasteiger charge is 2.61. The number of carbonyl (C=O) groups excluding carboxylic acids is 3. The second-order valence-corrected chi connectivity index (χ2v) is 5.75. The van der Waals surface area contributed by atoms with Gasteiger partial charge in [0, 0.05) is 0 Å². The number of esters is 1. The maximum Gasteiger partial charge on any atom is 0.340 e. The van der Waals surface area contributed by atoms with Crippen LogP contribution >= 0.6 is 0 Å². The Kier molecular flexibility index (Phi) is 3.09. The molecule has 2 fully saturated rings. The Labute approximate surface area is 132 Å². The van der Waals surface area contributed by atoms with Crippen molar-refractivity contribution in [1.82, 2.24) is 0 Å². The van der Waals surface area contributed by atoms with Crippen LogP contribution in [0, 0.1) is 11.8 Å². The molecule has 1 aromatic rings. The molecule has 4 atom stereocenters. The van der Waals surface area contributed by atoms with Gasteiger partial charge in [0.25, 0.3) is 0 Å². The minimum atomic E-state index is -0.543. The molecule has 0 aromatic heterocycles. The summed E-state index contributed by atoms with van der Waals surface area (Å²) >= 11 is 0. The maximum absolute atomic E-state index is 12.8. The summed E-state index contributed by atoms with van der Waals surface area (Å²) in [6.07, 6.45) is 2.97. The van der Waals surface area contributed by atoms with E-state index in [1.807, 2.05) is 12.2 Å². The highest BCUT2D eigenvalue weighted by Crippen LogP contribution is 2.46. The van der Waals surface area contributed by atoms with Crippen molar-refractivity contribution in [2.24, 2.45) is 11.8 Å². The Morgan fingerprint density at radius 1 is 1.13 bits per heavy atom. The summed E-state index contributed by atoms with van der Waals surface area (Å²) in [5, 5.41) is 0. The van der Waals surface area contributed by atoms with E-state index in [1.54, 1.807) is 31.2 Å². The van der Waals surface area contributed by atoms with Gasteiger partial charge in [-0.1, -0.05) is 24.3 Å². The second kappa shape index (κ2) is 5.03. The highest BCUT2D eigenvalue weighted by molar-refractivity contribution is 6.24. The molecule has 0 unspecified atom stereocenters. The normalized spacial score (nSPS) is 30.9. The largest absolute Gasteiger partial charge is 0.462 e. The lowest BCUT2D eigenvalue weighted by molar-refractivity contribution is -0.124. The van der Waals surface area contributed by atoms with Crippen molar-refractivity contribution in [2.75, 3.05) is 11.5 Å². The third-order valence-corrected chi connectivity index (χ3v) is 4.55. The van der Waals surface area contributed by atoms with E-state index in [0.717, 1.165) is 4.90 Å². The van der Waals surface area contributed by atoms with Gasteiger partial charge in [-0.3, -0.25) is 9.59 Å². The average molecular weight is 313 g/mol. The van der Waals surface area contributed by atoms with Gasteiger partial charge < -0.3 is 9.47 Å². The monoisotopic (exact) mass is 313 g/mol. The summed E-state index contributed by atoms with van der Waals surface area (Å²) < 4.78 is 10.6. The zero-order valence-electron chi connectivity index (χ0n) is 12.5. The Bertz CT molecular complexity index is 710. The summed E-state index contributed by atoms with van der Waals surface area (Å²) in [4.78, 5) is 38.8.